The van der Waals surface area contributed by atoms with E-state index < -0.39 is 0 Å². The number of rotatable bonds is 4. The van der Waals surface area contributed by atoms with E-state index >= 15 is 0 Å². The summed E-state index contributed by atoms with van der Waals surface area (Å²) in [5.74, 6) is 5.29. The van der Waals surface area contributed by atoms with Crippen molar-refractivity contribution in [1.82, 2.24) is 0 Å². The second-order valence-corrected chi connectivity index (χ2v) is 4.03. The number of morpholine rings is 1. The van der Waals surface area contributed by atoms with Crippen LogP contribution < -0.4 is 10.8 Å². The lowest BCUT2D eigenvalue weighted by atomic mass is 10.1. The second kappa shape index (κ2) is 5.86. The number of nitrogens with two attached hydrogens (primary N) is 1. The van der Waals surface area contributed by atoms with Crippen LogP contribution in [0.3, 0.4) is 0 Å². The van der Waals surface area contributed by atoms with Crippen molar-refractivity contribution in [3.63, 3.8) is 0 Å². The van der Waals surface area contributed by atoms with Gasteiger partial charge in [0.15, 0.2) is 0 Å². The topological polar surface area (TPSA) is 68.0 Å². The molecule has 0 amide bonds. The second-order valence-electron chi connectivity index (χ2n) is 4.03. The summed E-state index contributed by atoms with van der Waals surface area (Å²) in [5.41, 5.74) is 1.97. The van der Waals surface area contributed by atoms with Gasteiger partial charge in [-0.25, -0.2) is 5.90 Å². The Labute approximate surface area is 101 Å². The first-order valence-electron chi connectivity index (χ1n) is 5.77. The number of aromatic hydroxyl groups is 1. The summed E-state index contributed by atoms with van der Waals surface area (Å²) in [4.78, 5) is 6.79. The molecule has 1 aromatic rings. The molecular weight excluding hydrogens is 220 g/mol. The first kappa shape index (κ1) is 12.2. The van der Waals surface area contributed by atoms with E-state index in [9.17, 15) is 5.11 Å². The van der Waals surface area contributed by atoms with Crippen LogP contribution in [0, 0.1) is 0 Å². The summed E-state index contributed by atoms with van der Waals surface area (Å²) in [6.07, 6.45) is 0.612. The van der Waals surface area contributed by atoms with E-state index in [2.05, 4.69) is 9.74 Å². The maximum absolute atomic E-state index is 9.72. The Bertz CT molecular complexity index is 365. The Kier molecular flexibility index (Phi) is 4.19. The van der Waals surface area contributed by atoms with Gasteiger partial charge in [0.05, 0.1) is 19.8 Å². The van der Waals surface area contributed by atoms with Crippen LogP contribution in [-0.4, -0.2) is 38.0 Å². The molecular formula is C12H18N2O3. The van der Waals surface area contributed by atoms with Crippen molar-refractivity contribution >= 4 is 5.69 Å². The average Bonchev–Trinajstić information content (AvgIpc) is 2.39. The third-order valence-corrected chi connectivity index (χ3v) is 2.93. The number of phenolic OH excluding ortho intramolecular Hbond substituents is 1. The fraction of sp³-hybridized carbons (Fsp3) is 0.500. The molecule has 2 rings (SSSR count). The molecule has 0 bridgehead atoms. The van der Waals surface area contributed by atoms with Gasteiger partial charge in [-0.15, -0.1) is 0 Å². The molecule has 0 unspecified atom stereocenters. The Morgan fingerprint density at radius 2 is 2.12 bits per heavy atom. The molecule has 17 heavy (non-hydrogen) atoms. The smallest absolute Gasteiger partial charge is 0.119 e. The van der Waals surface area contributed by atoms with Crippen LogP contribution >= 0.6 is 0 Å². The van der Waals surface area contributed by atoms with E-state index in [0.717, 1.165) is 37.6 Å². The number of benzene rings is 1. The molecule has 0 radical (unpaired) electrons. The van der Waals surface area contributed by atoms with E-state index in [1.807, 2.05) is 12.1 Å². The number of phenols is 1. The first-order chi connectivity index (χ1) is 8.31. The molecule has 0 aromatic heterocycles. The highest BCUT2D eigenvalue weighted by Crippen LogP contribution is 2.25. The number of hydrogen-bond acceptors (Lipinski definition) is 5. The van der Waals surface area contributed by atoms with E-state index in [4.69, 9.17) is 10.6 Å². The highest BCUT2D eigenvalue weighted by Gasteiger charge is 2.12. The van der Waals surface area contributed by atoms with Gasteiger partial charge in [0.25, 0.3) is 0 Å². The minimum absolute atomic E-state index is 0.291. The summed E-state index contributed by atoms with van der Waals surface area (Å²) < 4.78 is 5.31. The maximum atomic E-state index is 9.72. The van der Waals surface area contributed by atoms with Crippen molar-refractivity contribution in [3.05, 3.63) is 23.8 Å². The third-order valence-electron chi connectivity index (χ3n) is 2.93. The summed E-state index contributed by atoms with van der Waals surface area (Å²) in [7, 11) is 0. The van der Waals surface area contributed by atoms with Gasteiger partial charge in [-0.05, 0) is 23.8 Å². The van der Waals surface area contributed by atoms with Gasteiger partial charge in [0, 0.05) is 25.2 Å². The molecule has 3 N–H and O–H groups in total. The fourth-order valence-electron chi connectivity index (χ4n) is 1.96. The highest BCUT2D eigenvalue weighted by molar-refractivity contribution is 5.53. The molecule has 1 aliphatic heterocycles. The monoisotopic (exact) mass is 238 g/mol. The largest absolute Gasteiger partial charge is 0.508 e. The highest BCUT2D eigenvalue weighted by atomic mass is 16.6. The Morgan fingerprint density at radius 1 is 1.35 bits per heavy atom. The number of ether oxygens (including phenoxy) is 1. The normalized spacial score (nSPS) is 16.2. The van der Waals surface area contributed by atoms with Crippen molar-refractivity contribution in [1.29, 1.82) is 0 Å². The molecule has 0 aliphatic carbocycles. The van der Waals surface area contributed by atoms with Gasteiger partial charge in [-0.2, -0.15) is 0 Å². The molecule has 1 aromatic carbocycles. The van der Waals surface area contributed by atoms with Crippen LogP contribution in [0.1, 0.15) is 5.56 Å². The summed E-state index contributed by atoms with van der Waals surface area (Å²) in [6, 6.07) is 5.63. The molecule has 94 valence electrons. The summed E-state index contributed by atoms with van der Waals surface area (Å²) in [5, 5.41) is 9.72. The molecule has 0 atom stereocenters. The van der Waals surface area contributed by atoms with Crippen molar-refractivity contribution in [3.8, 4) is 5.75 Å². The van der Waals surface area contributed by atoms with Gasteiger partial charge in [0.2, 0.25) is 0 Å². The fourth-order valence-corrected chi connectivity index (χ4v) is 1.96. The standard InChI is InChI=1S/C12H18N2O3/c13-17-6-3-10-9-11(1-2-12(10)15)14-4-7-16-8-5-14/h1-2,9,15H,3-8,13H2. The van der Waals surface area contributed by atoms with E-state index in [0.29, 0.717) is 18.8 Å². The molecule has 1 saturated heterocycles. The predicted octanol–water partition coefficient (Wildman–Crippen LogP) is 0.662. The number of nitrogens with zero attached hydrogens (tertiary/aromatic N) is 1. The van der Waals surface area contributed by atoms with Crippen molar-refractivity contribution < 1.29 is 14.7 Å². The van der Waals surface area contributed by atoms with E-state index in [1.54, 1.807) is 6.07 Å². The van der Waals surface area contributed by atoms with E-state index in [-0.39, 0.29) is 0 Å². The quantitative estimate of drug-likeness (QED) is 0.754. The van der Waals surface area contributed by atoms with Crippen LogP contribution in [0.5, 0.6) is 5.75 Å². The van der Waals surface area contributed by atoms with Crippen LogP contribution in [0.15, 0.2) is 18.2 Å². The van der Waals surface area contributed by atoms with Crippen molar-refractivity contribution in [2.45, 2.75) is 6.42 Å². The van der Waals surface area contributed by atoms with Gasteiger partial charge in [-0.1, -0.05) is 0 Å². The van der Waals surface area contributed by atoms with Crippen LogP contribution in [0.4, 0.5) is 5.69 Å². The van der Waals surface area contributed by atoms with Gasteiger partial charge < -0.3 is 19.6 Å². The lowest BCUT2D eigenvalue weighted by Crippen LogP contribution is -2.36. The van der Waals surface area contributed by atoms with Crippen LogP contribution in [0.25, 0.3) is 0 Å². The third kappa shape index (κ3) is 3.09. The molecule has 1 aliphatic rings. The zero-order chi connectivity index (χ0) is 12.1. The molecule has 0 saturated carbocycles. The van der Waals surface area contributed by atoms with Crippen LogP contribution in [-0.2, 0) is 16.0 Å². The molecule has 1 heterocycles. The van der Waals surface area contributed by atoms with Gasteiger partial charge in [-0.3, -0.25) is 0 Å². The minimum atomic E-state index is 0.291. The summed E-state index contributed by atoms with van der Waals surface area (Å²) in [6.45, 7) is 3.68. The van der Waals surface area contributed by atoms with E-state index in [1.165, 1.54) is 0 Å². The number of anilines is 1. The predicted molar refractivity (Wildman–Crippen MR) is 65.0 cm³/mol. The lowest BCUT2D eigenvalue weighted by Gasteiger charge is -2.29. The maximum Gasteiger partial charge on any atom is 0.119 e. The zero-order valence-electron chi connectivity index (χ0n) is 9.76. The SMILES string of the molecule is NOCCc1cc(N2CCOCC2)ccc1O. The zero-order valence-corrected chi connectivity index (χ0v) is 9.76. The van der Waals surface area contributed by atoms with Crippen molar-refractivity contribution in [2.75, 3.05) is 37.8 Å². The van der Waals surface area contributed by atoms with Crippen LogP contribution in [0.2, 0.25) is 0 Å². The molecule has 1 fully saturated rings. The minimum Gasteiger partial charge on any atom is -0.508 e. The number of hydrogen-bond donors (Lipinski definition) is 2. The van der Waals surface area contributed by atoms with Gasteiger partial charge >= 0.3 is 0 Å². The van der Waals surface area contributed by atoms with Crippen molar-refractivity contribution in [2.24, 2.45) is 5.90 Å². The Morgan fingerprint density at radius 3 is 2.82 bits per heavy atom. The first-order valence-corrected chi connectivity index (χ1v) is 5.77. The molecule has 5 nitrogen and oxygen atoms in total. The average molecular weight is 238 g/mol. The lowest BCUT2D eigenvalue weighted by molar-refractivity contribution is 0.122. The molecule has 5 heteroatoms. The summed E-state index contributed by atoms with van der Waals surface area (Å²) >= 11 is 0. The Balaban J connectivity index is 2.11. The molecule has 0 spiro atoms. The Hall–Kier alpha value is -1.30. The van der Waals surface area contributed by atoms with Gasteiger partial charge in [0.1, 0.15) is 5.75 Å².